The zero-order valence-corrected chi connectivity index (χ0v) is 7.66. The van der Waals surface area contributed by atoms with Gasteiger partial charge in [0.25, 0.3) is 5.91 Å². The van der Waals surface area contributed by atoms with Gasteiger partial charge in [-0.2, -0.15) is 0 Å². The summed E-state index contributed by atoms with van der Waals surface area (Å²) < 4.78 is 0.803. The Morgan fingerprint density at radius 1 is 1.20 bits per heavy atom. The molecule has 0 atom stereocenters. The van der Waals surface area contributed by atoms with Gasteiger partial charge in [-0.25, -0.2) is 4.57 Å². The zero-order chi connectivity index (χ0) is 10.8. The van der Waals surface area contributed by atoms with Gasteiger partial charge in [0, 0.05) is 24.5 Å². The quantitative estimate of drug-likeness (QED) is 0.726. The predicted molar refractivity (Wildman–Crippen MR) is 51.7 cm³/mol. The van der Waals surface area contributed by atoms with E-state index in [1.54, 1.807) is 12.1 Å². The van der Waals surface area contributed by atoms with Crippen LogP contribution in [0.1, 0.15) is 10.4 Å². The number of carbonyl (C=O) groups excluding carboxylic acids is 1. The molecule has 2 N–H and O–H groups in total. The van der Waals surface area contributed by atoms with Gasteiger partial charge in [0.1, 0.15) is 0 Å². The molecule has 2 aromatic rings. The summed E-state index contributed by atoms with van der Waals surface area (Å²) in [6.45, 7) is 0. The molecule has 15 heavy (non-hydrogen) atoms. The first kappa shape index (κ1) is 9.26. The molecule has 0 fully saturated rings. The van der Waals surface area contributed by atoms with Crippen LogP contribution < -0.4 is 0 Å². The van der Waals surface area contributed by atoms with Crippen molar-refractivity contribution in [2.45, 2.75) is 0 Å². The standard InChI is InChI=1S/C10H8N2O3/c13-8-3-4-9(14)12(8)10(15)7-2-1-5-11-6-7/h1-6,13-14H. The van der Waals surface area contributed by atoms with Gasteiger partial charge in [-0.05, 0) is 12.1 Å². The van der Waals surface area contributed by atoms with Crippen LogP contribution in [0, 0.1) is 0 Å². The molecule has 2 heterocycles. The largest absolute Gasteiger partial charge is 0.494 e. The Kier molecular flexibility index (Phi) is 2.13. The summed E-state index contributed by atoms with van der Waals surface area (Å²) in [7, 11) is 0. The Balaban J connectivity index is 2.46. The molecule has 0 spiro atoms. The van der Waals surface area contributed by atoms with Crippen molar-refractivity contribution < 1.29 is 15.0 Å². The first-order valence-corrected chi connectivity index (χ1v) is 4.24. The van der Waals surface area contributed by atoms with E-state index >= 15 is 0 Å². The third-order valence-electron chi connectivity index (χ3n) is 1.95. The third kappa shape index (κ3) is 1.54. The normalized spacial score (nSPS) is 10.1. The lowest BCUT2D eigenvalue weighted by atomic mass is 10.3. The van der Waals surface area contributed by atoms with Crippen LogP contribution in [0.5, 0.6) is 11.8 Å². The van der Waals surface area contributed by atoms with Gasteiger partial charge >= 0.3 is 0 Å². The molecule has 0 aliphatic heterocycles. The highest BCUT2D eigenvalue weighted by molar-refractivity contribution is 5.97. The van der Waals surface area contributed by atoms with Gasteiger partial charge in [0.2, 0.25) is 11.8 Å². The maximum Gasteiger partial charge on any atom is 0.269 e. The van der Waals surface area contributed by atoms with E-state index in [0.29, 0.717) is 5.56 Å². The first-order valence-electron chi connectivity index (χ1n) is 4.24. The van der Waals surface area contributed by atoms with E-state index < -0.39 is 5.91 Å². The molecule has 76 valence electrons. The molecule has 0 aromatic carbocycles. The van der Waals surface area contributed by atoms with E-state index in [1.807, 2.05) is 0 Å². The smallest absolute Gasteiger partial charge is 0.269 e. The van der Waals surface area contributed by atoms with Gasteiger partial charge in [-0.1, -0.05) is 0 Å². The highest BCUT2D eigenvalue weighted by Gasteiger charge is 2.15. The van der Waals surface area contributed by atoms with Gasteiger partial charge in [-0.15, -0.1) is 0 Å². The van der Waals surface area contributed by atoms with Gasteiger partial charge in [0.05, 0.1) is 5.56 Å². The molecule has 0 radical (unpaired) electrons. The van der Waals surface area contributed by atoms with E-state index in [2.05, 4.69) is 4.98 Å². The third-order valence-corrected chi connectivity index (χ3v) is 1.95. The van der Waals surface area contributed by atoms with E-state index in [4.69, 9.17) is 0 Å². The van der Waals surface area contributed by atoms with Crippen molar-refractivity contribution in [2.24, 2.45) is 0 Å². The summed E-state index contributed by atoms with van der Waals surface area (Å²) >= 11 is 0. The molecule has 0 saturated heterocycles. The maximum absolute atomic E-state index is 11.8. The molecule has 0 bridgehead atoms. The van der Waals surface area contributed by atoms with Crippen LogP contribution >= 0.6 is 0 Å². The SMILES string of the molecule is O=C(c1cccnc1)n1c(O)ccc1O. The maximum atomic E-state index is 11.8. The Morgan fingerprint density at radius 2 is 1.87 bits per heavy atom. The molecule has 2 rings (SSSR count). The summed E-state index contributed by atoms with van der Waals surface area (Å²) in [6.07, 6.45) is 2.90. The molecule has 0 amide bonds. The van der Waals surface area contributed by atoms with Crippen molar-refractivity contribution in [3.8, 4) is 11.8 Å². The summed E-state index contributed by atoms with van der Waals surface area (Å²) in [5.74, 6) is -1.13. The van der Waals surface area contributed by atoms with E-state index in [1.165, 1.54) is 24.5 Å². The second-order valence-electron chi connectivity index (χ2n) is 2.93. The van der Waals surface area contributed by atoms with Crippen molar-refractivity contribution in [1.29, 1.82) is 0 Å². The Morgan fingerprint density at radius 3 is 2.40 bits per heavy atom. The Hall–Kier alpha value is -2.30. The lowest BCUT2D eigenvalue weighted by Gasteiger charge is -2.04. The second-order valence-corrected chi connectivity index (χ2v) is 2.93. The zero-order valence-electron chi connectivity index (χ0n) is 7.66. The fourth-order valence-electron chi connectivity index (χ4n) is 1.24. The predicted octanol–water partition coefficient (Wildman–Crippen LogP) is 0.983. The Bertz CT molecular complexity index is 471. The van der Waals surface area contributed by atoms with Crippen molar-refractivity contribution >= 4 is 5.91 Å². The molecular formula is C10H8N2O3. The molecule has 2 aromatic heterocycles. The minimum Gasteiger partial charge on any atom is -0.494 e. The van der Waals surface area contributed by atoms with E-state index in [-0.39, 0.29) is 11.8 Å². The van der Waals surface area contributed by atoms with Gasteiger partial charge in [0.15, 0.2) is 0 Å². The lowest BCUT2D eigenvalue weighted by molar-refractivity contribution is 0.0941. The number of hydrogen-bond donors (Lipinski definition) is 2. The van der Waals surface area contributed by atoms with Gasteiger partial charge < -0.3 is 10.2 Å². The summed E-state index contributed by atoms with van der Waals surface area (Å²) in [5.41, 5.74) is 0.291. The van der Waals surface area contributed by atoms with E-state index in [9.17, 15) is 15.0 Å². The van der Waals surface area contributed by atoms with Crippen LogP contribution in [-0.2, 0) is 0 Å². The van der Waals surface area contributed by atoms with Crippen LogP contribution in [0.2, 0.25) is 0 Å². The number of aromatic hydroxyl groups is 2. The van der Waals surface area contributed by atoms with Crippen LogP contribution in [0.4, 0.5) is 0 Å². The van der Waals surface area contributed by atoms with Crippen LogP contribution in [0.15, 0.2) is 36.7 Å². The summed E-state index contributed by atoms with van der Waals surface area (Å²) in [6, 6.07) is 5.63. The average Bonchev–Trinajstić information content (AvgIpc) is 2.59. The summed E-state index contributed by atoms with van der Waals surface area (Å²) in [4.78, 5) is 15.5. The molecule has 5 nitrogen and oxygen atoms in total. The molecular weight excluding hydrogens is 196 g/mol. The molecule has 0 saturated carbocycles. The topological polar surface area (TPSA) is 75.4 Å². The van der Waals surface area contributed by atoms with Crippen molar-refractivity contribution in [3.05, 3.63) is 42.2 Å². The van der Waals surface area contributed by atoms with E-state index in [0.717, 1.165) is 4.57 Å². The lowest BCUT2D eigenvalue weighted by Crippen LogP contribution is -2.10. The van der Waals surface area contributed by atoms with Crippen LogP contribution in [0.25, 0.3) is 0 Å². The molecule has 0 aliphatic rings. The Labute approximate surface area is 85.2 Å². The number of aromatic nitrogens is 2. The second kappa shape index (κ2) is 3.45. The highest BCUT2D eigenvalue weighted by atomic mass is 16.3. The molecule has 0 aliphatic carbocycles. The number of rotatable bonds is 1. The highest BCUT2D eigenvalue weighted by Crippen LogP contribution is 2.22. The number of carbonyl (C=O) groups is 1. The van der Waals surface area contributed by atoms with Crippen molar-refractivity contribution in [1.82, 2.24) is 9.55 Å². The summed E-state index contributed by atoms with van der Waals surface area (Å²) in [5, 5.41) is 18.6. The average molecular weight is 204 g/mol. The minimum absolute atomic E-state index is 0.291. The monoisotopic (exact) mass is 204 g/mol. The van der Waals surface area contributed by atoms with Crippen molar-refractivity contribution in [3.63, 3.8) is 0 Å². The number of pyridine rings is 1. The van der Waals surface area contributed by atoms with Crippen LogP contribution in [-0.4, -0.2) is 25.7 Å². The fraction of sp³-hybridized carbons (Fsp3) is 0. The van der Waals surface area contributed by atoms with Crippen molar-refractivity contribution in [2.75, 3.05) is 0 Å². The first-order chi connectivity index (χ1) is 7.20. The minimum atomic E-state index is -0.525. The number of hydrogen-bond acceptors (Lipinski definition) is 4. The van der Waals surface area contributed by atoms with Gasteiger partial charge in [-0.3, -0.25) is 9.78 Å². The van der Waals surface area contributed by atoms with Crippen LogP contribution in [0.3, 0.4) is 0 Å². The molecule has 5 heteroatoms. The molecule has 0 unspecified atom stereocenters. The number of nitrogens with zero attached hydrogens (tertiary/aromatic N) is 2. The fourth-order valence-corrected chi connectivity index (χ4v) is 1.24.